The van der Waals surface area contributed by atoms with Gasteiger partial charge < -0.3 is 16.0 Å². The van der Waals surface area contributed by atoms with Gasteiger partial charge in [0, 0.05) is 36.3 Å². The predicted molar refractivity (Wildman–Crippen MR) is 102 cm³/mol. The zero-order chi connectivity index (χ0) is 19.1. The monoisotopic (exact) mass is 353 g/mol. The van der Waals surface area contributed by atoms with Crippen molar-refractivity contribution in [2.75, 3.05) is 10.6 Å². The highest BCUT2D eigenvalue weighted by molar-refractivity contribution is 5.96. The Balaban J connectivity index is 1.93. The lowest BCUT2D eigenvalue weighted by Gasteiger charge is -2.15. The number of carbonyl (C=O) groups excluding carboxylic acids is 3. The SMILES string of the molecule is CC(=O)Nc1ccc(C)c(NC(=O)CC(C)NC(=O)c2ccccc2)c1. The Morgan fingerprint density at radius 3 is 2.35 bits per heavy atom. The molecule has 136 valence electrons. The Kier molecular flexibility index (Phi) is 6.49. The van der Waals surface area contributed by atoms with Gasteiger partial charge in [-0.3, -0.25) is 14.4 Å². The van der Waals surface area contributed by atoms with Crippen molar-refractivity contribution in [1.82, 2.24) is 5.32 Å². The molecule has 26 heavy (non-hydrogen) atoms. The molecule has 6 nitrogen and oxygen atoms in total. The number of aryl methyl sites for hydroxylation is 1. The summed E-state index contributed by atoms with van der Waals surface area (Å²) in [4.78, 5) is 35.5. The van der Waals surface area contributed by atoms with Crippen molar-refractivity contribution >= 4 is 29.1 Å². The molecule has 0 aromatic heterocycles. The molecule has 2 aromatic rings. The predicted octanol–water partition coefficient (Wildman–Crippen LogP) is 3.10. The molecule has 0 saturated carbocycles. The minimum absolute atomic E-state index is 0.141. The van der Waals surface area contributed by atoms with E-state index in [2.05, 4.69) is 16.0 Å². The fraction of sp³-hybridized carbons (Fsp3) is 0.250. The number of hydrogen-bond acceptors (Lipinski definition) is 3. The van der Waals surface area contributed by atoms with Gasteiger partial charge in [-0.2, -0.15) is 0 Å². The van der Waals surface area contributed by atoms with E-state index in [0.29, 0.717) is 16.9 Å². The molecule has 0 saturated heterocycles. The zero-order valence-corrected chi connectivity index (χ0v) is 15.1. The largest absolute Gasteiger partial charge is 0.349 e. The van der Waals surface area contributed by atoms with Gasteiger partial charge >= 0.3 is 0 Å². The molecule has 1 unspecified atom stereocenters. The summed E-state index contributed by atoms with van der Waals surface area (Å²) in [6.07, 6.45) is 0.141. The molecule has 0 aliphatic carbocycles. The number of anilines is 2. The fourth-order valence-corrected chi connectivity index (χ4v) is 2.46. The van der Waals surface area contributed by atoms with E-state index in [0.717, 1.165) is 5.56 Å². The highest BCUT2D eigenvalue weighted by atomic mass is 16.2. The standard InChI is InChI=1S/C20H23N3O3/c1-13-9-10-17(22-15(3)24)12-18(13)23-19(25)11-14(2)21-20(26)16-7-5-4-6-8-16/h4-10,12,14H,11H2,1-3H3,(H,21,26)(H,22,24)(H,23,25). The number of amides is 3. The lowest BCUT2D eigenvalue weighted by Crippen LogP contribution is -2.35. The number of nitrogens with one attached hydrogen (secondary N) is 3. The Hall–Kier alpha value is -3.15. The van der Waals surface area contributed by atoms with E-state index >= 15 is 0 Å². The maximum absolute atomic E-state index is 12.3. The zero-order valence-electron chi connectivity index (χ0n) is 15.1. The second-order valence-corrected chi connectivity index (χ2v) is 6.20. The summed E-state index contributed by atoms with van der Waals surface area (Å²) in [6.45, 7) is 5.07. The van der Waals surface area contributed by atoms with Crippen molar-refractivity contribution in [2.45, 2.75) is 33.2 Å². The second kappa shape index (κ2) is 8.80. The van der Waals surface area contributed by atoms with E-state index in [9.17, 15) is 14.4 Å². The van der Waals surface area contributed by atoms with Crippen LogP contribution in [-0.4, -0.2) is 23.8 Å². The maximum atomic E-state index is 12.3. The molecule has 0 aliphatic rings. The number of rotatable bonds is 6. The molecule has 0 fully saturated rings. The molecule has 3 N–H and O–H groups in total. The average Bonchev–Trinajstić information content (AvgIpc) is 2.58. The smallest absolute Gasteiger partial charge is 0.251 e. The van der Waals surface area contributed by atoms with E-state index in [1.807, 2.05) is 19.1 Å². The fourth-order valence-electron chi connectivity index (χ4n) is 2.46. The summed E-state index contributed by atoms with van der Waals surface area (Å²) in [5, 5.41) is 8.32. The van der Waals surface area contributed by atoms with Gasteiger partial charge in [-0.15, -0.1) is 0 Å². The summed E-state index contributed by atoms with van der Waals surface area (Å²) in [5.41, 5.74) is 2.68. The van der Waals surface area contributed by atoms with Gasteiger partial charge in [0.05, 0.1) is 0 Å². The number of carbonyl (C=O) groups is 3. The molecule has 0 heterocycles. The van der Waals surface area contributed by atoms with E-state index in [-0.39, 0.29) is 30.2 Å². The van der Waals surface area contributed by atoms with E-state index in [4.69, 9.17) is 0 Å². The summed E-state index contributed by atoms with van der Waals surface area (Å²) >= 11 is 0. The summed E-state index contributed by atoms with van der Waals surface area (Å²) in [5.74, 6) is -0.605. The Morgan fingerprint density at radius 2 is 1.69 bits per heavy atom. The summed E-state index contributed by atoms with van der Waals surface area (Å²) in [6, 6.07) is 13.8. The molecule has 0 spiro atoms. The minimum Gasteiger partial charge on any atom is -0.349 e. The van der Waals surface area contributed by atoms with Gasteiger partial charge in [0.25, 0.3) is 5.91 Å². The van der Waals surface area contributed by atoms with E-state index < -0.39 is 0 Å². The van der Waals surface area contributed by atoms with Crippen LogP contribution < -0.4 is 16.0 Å². The third kappa shape index (κ3) is 5.73. The highest BCUT2D eigenvalue weighted by Gasteiger charge is 2.14. The third-order valence-corrected chi connectivity index (χ3v) is 3.74. The molecule has 6 heteroatoms. The van der Waals surface area contributed by atoms with E-state index in [1.165, 1.54) is 6.92 Å². The molecule has 0 aliphatic heterocycles. The normalized spacial score (nSPS) is 11.3. The topological polar surface area (TPSA) is 87.3 Å². The van der Waals surface area contributed by atoms with Crippen LogP contribution in [0.5, 0.6) is 0 Å². The van der Waals surface area contributed by atoms with Crippen LogP contribution in [0.1, 0.15) is 36.2 Å². The van der Waals surface area contributed by atoms with Crippen LogP contribution in [-0.2, 0) is 9.59 Å². The Morgan fingerprint density at radius 1 is 1.00 bits per heavy atom. The average molecular weight is 353 g/mol. The van der Waals surface area contributed by atoms with Gasteiger partial charge in [-0.25, -0.2) is 0 Å². The first-order valence-corrected chi connectivity index (χ1v) is 8.39. The van der Waals surface area contributed by atoms with Crippen molar-refractivity contribution in [1.29, 1.82) is 0 Å². The van der Waals surface area contributed by atoms with Gasteiger partial charge in [-0.1, -0.05) is 24.3 Å². The Labute approximate surface area is 153 Å². The van der Waals surface area contributed by atoms with Crippen LogP contribution >= 0.6 is 0 Å². The van der Waals surface area contributed by atoms with Crippen molar-refractivity contribution in [2.24, 2.45) is 0 Å². The maximum Gasteiger partial charge on any atom is 0.251 e. The van der Waals surface area contributed by atoms with Crippen LogP contribution in [0.3, 0.4) is 0 Å². The number of hydrogen-bond donors (Lipinski definition) is 3. The molecule has 3 amide bonds. The van der Waals surface area contributed by atoms with Crippen molar-refractivity contribution in [3.8, 4) is 0 Å². The van der Waals surface area contributed by atoms with Gasteiger partial charge in [0.15, 0.2) is 0 Å². The molecular weight excluding hydrogens is 330 g/mol. The van der Waals surface area contributed by atoms with Gasteiger partial charge in [0.2, 0.25) is 11.8 Å². The first-order valence-electron chi connectivity index (χ1n) is 8.39. The lowest BCUT2D eigenvalue weighted by atomic mass is 10.1. The second-order valence-electron chi connectivity index (χ2n) is 6.20. The summed E-state index contributed by atoms with van der Waals surface area (Å²) in [7, 11) is 0. The van der Waals surface area contributed by atoms with Crippen molar-refractivity contribution < 1.29 is 14.4 Å². The summed E-state index contributed by atoms with van der Waals surface area (Å²) < 4.78 is 0. The van der Waals surface area contributed by atoms with Crippen LogP contribution in [0.25, 0.3) is 0 Å². The van der Waals surface area contributed by atoms with Crippen LogP contribution in [0.4, 0.5) is 11.4 Å². The molecule has 1 atom stereocenters. The Bertz CT molecular complexity index is 803. The van der Waals surface area contributed by atoms with Crippen LogP contribution in [0.15, 0.2) is 48.5 Å². The number of benzene rings is 2. The molecule has 2 aromatic carbocycles. The van der Waals surface area contributed by atoms with Crippen LogP contribution in [0.2, 0.25) is 0 Å². The van der Waals surface area contributed by atoms with E-state index in [1.54, 1.807) is 43.3 Å². The highest BCUT2D eigenvalue weighted by Crippen LogP contribution is 2.20. The molecule has 0 radical (unpaired) electrons. The van der Waals surface area contributed by atoms with Crippen molar-refractivity contribution in [3.63, 3.8) is 0 Å². The molecule has 0 bridgehead atoms. The third-order valence-electron chi connectivity index (χ3n) is 3.74. The molecule has 2 rings (SSSR count). The first kappa shape index (κ1) is 19.2. The van der Waals surface area contributed by atoms with Gasteiger partial charge in [0.1, 0.15) is 0 Å². The lowest BCUT2D eigenvalue weighted by molar-refractivity contribution is -0.116. The van der Waals surface area contributed by atoms with Crippen molar-refractivity contribution in [3.05, 3.63) is 59.7 Å². The molecular formula is C20H23N3O3. The minimum atomic E-state index is -0.318. The van der Waals surface area contributed by atoms with Crippen LogP contribution in [0, 0.1) is 6.92 Å². The quantitative estimate of drug-likeness (QED) is 0.746. The van der Waals surface area contributed by atoms with Gasteiger partial charge in [-0.05, 0) is 43.7 Å². The first-order chi connectivity index (χ1) is 12.3.